The van der Waals surface area contributed by atoms with Crippen LogP contribution in [0.1, 0.15) is 19.0 Å². The summed E-state index contributed by atoms with van der Waals surface area (Å²) in [6.07, 6.45) is -4.47. The summed E-state index contributed by atoms with van der Waals surface area (Å²) in [7, 11) is -3.30. The van der Waals surface area contributed by atoms with Crippen molar-refractivity contribution in [2.45, 2.75) is 30.7 Å². The number of halogens is 3. The highest BCUT2D eigenvalue weighted by Crippen LogP contribution is 2.36. The van der Waals surface area contributed by atoms with E-state index >= 15 is 0 Å². The van der Waals surface area contributed by atoms with Crippen molar-refractivity contribution in [1.82, 2.24) is 9.88 Å². The molecule has 34 heavy (non-hydrogen) atoms. The minimum atomic E-state index is -5.08. The highest BCUT2D eigenvalue weighted by Gasteiger charge is 2.38. The van der Waals surface area contributed by atoms with Crippen molar-refractivity contribution in [3.8, 4) is 10.4 Å². The van der Waals surface area contributed by atoms with Gasteiger partial charge < -0.3 is 15.2 Å². The minimum Gasteiger partial charge on any atom is -0.475 e. The van der Waals surface area contributed by atoms with Crippen LogP contribution >= 0.6 is 22.7 Å². The van der Waals surface area contributed by atoms with Crippen LogP contribution in [0.2, 0.25) is 0 Å². The van der Waals surface area contributed by atoms with Crippen LogP contribution in [0, 0.1) is 6.92 Å². The summed E-state index contributed by atoms with van der Waals surface area (Å²) in [5, 5.41) is 12.2. The largest absolute Gasteiger partial charge is 0.490 e. The number of carbonyl (C=O) groups excluding carboxylic acids is 1. The van der Waals surface area contributed by atoms with E-state index in [1.54, 1.807) is 6.07 Å². The zero-order chi connectivity index (χ0) is 25.5. The van der Waals surface area contributed by atoms with Gasteiger partial charge in [0.2, 0.25) is 5.91 Å². The summed E-state index contributed by atoms with van der Waals surface area (Å²) in [6, 6.07) is 1.72. The smallest absolute Gasteiger partial charge is 0.475 e. The van der Waals surface area contributed by atoms with Gasteiger partial charge in [0.25, 0.3) is 0 Å². The van der Waals surface area contributed by atoms with Crippen LogP contribution in [0.15, 0.2) is 15.7 Å². The molecule has 0 radical (unpaired) electrons. The molecule has 2 N–H and O–H groups in total. The standard InChI is InChI=1S/C17H23N3O4S3.C2HF3O2/c1-12-16(26-17(18-12)19-13(2)21)14-10-15(25-11-14)27(22,23)9-3-4-20-5-7-24-8-6-20;3-2(4,5)1(6)7/h10-11H,3-9H2,1-2H3,(H,18,19,21);(H,6,7). The molecule has 0 aliphatic carbocycles. The zero-order valence-corrected chi connectivity index (χ0v) is 20.8. The fourth-order valence-electron chi connectivity index (χ4n) is 2.87. The van der Waals surface area contributed by atoms with Crippen molar-refractivity contribution in [3.05, 3.63) is 17.1 Å². The van der Waals surface area contributed by atoms with Crippen molar-refractivity contribution in [2.24, 2.45) is 0 Å². The lowest BCUT2D eigenvalue weighted by Gasteiger charge is -2.26. The molecule has 3 heterocycles. The summed E-state index contributed by atoms with van der Waals surface area (Å²) < 4.78 is 62.7. The van der Waals surface area contributed by atoms with Crippen molar-refractivity contribution in [2.75, 3.05) is 43.9 Å². The predicted molar refractivity (Wildman–Crippen MR) is 122 cm³/mol. The summed E-state index contributed by atoms with van der Waals surface area (Å²) in [5.41, 5.74) is 1.61. The Kier molecular flexibility index (Phi) is 9.99. The average molecular weight is 544 g/mol. The van der Waals surface area contributed by atoms with Crippen molar-refractivity contribution in [1.29, 1.82) is 0 Å². The number of rotatable bonds is 7. The second-order valence-electron chi connectivity index (χ2n) is 7.20. The molecule has 2 aromatic heterocycles. The number of aliphatic carboxylic acids is 1. The zero-order valence-electron chi connectivity index (χ0n) is 18.3. The van der Waals surface area contributed by atoms with Gasteiger partial charge in [-0.2, -0.15) is 13.2 Å². The van der Waals surface area contributed by atoms with Crippen LogP contribution in [0.25, 0.3) is 10.4 Å². The minimum absolute atomic E-state index is 0.142. The Morgan fingerprint density at radius 2 is 1.91 bits per heavy atom. The first-order valence-electron chi connectivity index (χ1n) is 9.96. The molecule has 1 saturated heterocycles. The Hall–Kier alpha value is -2.07. The Balaban J connectivity index is 0.000000509. The van der Waals surface area contributed by atoms with E-state index in [2.05, 4.69) is 15.2 Å². The number of anilines is 1. The second kappa shape index (κ2) is 12.1. The second-order valence-corrected chi connectivity index (χ2v) is 11.4. The number of aromatic nitrogens is 1. The van der Waals surface area contributed by atoms with Crippen LogP contribution in [0.3, 0.4) is 0 Å². The van der Waals surface area contributed by atoms with E-state index in [-0.39, 0.29) is 11.7 Å². The summed E-state index contributed by atoms with van der Waals surface area (Å²) in [6.45, 7) is 7.23. The van der Waals surface area contributed by atoms with Gasteiger partial charge in [-0.1, -0.05) is 11.3 Å². The number of thiazole rings is 1. The summed E-state index contributed by atoms with van der Waals surface area (Å²) in [4.78, 5) is 27.5. The number of carbonyl (C=O) groups is 2. The molecule has 2 aromatic rings. The highest BCUT2D eigenvalue weighted by atomic mass is 32.2. The van der Waals surface area contributed by atoms with Gasteiger partial charge in [-0.3, -0.25) is 9.69 Å². The Morgan fingerprint density at radius 3 is 2.47 bits per heavy atom. The number of thiophene rings is 1. The first kappa shape index (κ1) is 28.2. The van der Waals surface area contributed by atoms with E-state index < -0.39 is 22.0 Å². The highest BCUT2D eigenvalue weighted by molar-refractivity contribution is 7.93. The molecule has 0 unspecified atom stereocenters. The van der Waals surface area contributed by atoms with E-state index in [1.165, 1.54) is 29.6 Å². The fourth-order valence-corrected chi connectivity index (χ4v) is 6.57. The number of nitrogens with one attached hydrogen (secondary N) is 1. The lowest BCUT2D eigenvalue weighted by molar-refractivity contribution is -0.192. The first-order valence-corrected chi connectivity index (χ1v) is 13.3. The molecule has 15 heteroatoms. The molecule has 0 spiro atoms. The first-order chi connectivity index (χ1) is 15.8. The van der Waals surface area contributed by atoms with Gasteiger partial charge in [0, 0.05) is 31.0 Å². The number of carboxylic acid groups (broad SMARTS) is 1. The number of morpholine rings is 1. The van der Waals surface area contributed by atoms with E-state index in [0.717, 1.165) is 49.0 Å². The summed E-state index contributed by atoms with van der Waals surface area (Å²) in [5.74, 6) is -2.79. The lowest BCUT2D eigenvalue weighted by Crippen LogP contribution is -2.37. The number of aryl methyl sites for hydroxylation is 1. The number of ether oxygens (including phenoxy) is 1. The van der Waals surface area contributed by atoms with Gasteiger partial charge >= 0.3 is 12.1 Å². The molecule has 0 atom stereocenters. The molecule has 3 rings (SSSR count). The molecular weight excluding hydrogens is 519 g/mol. The third kappa shape index (κ3) is 8.61. The Bertz CT molecular complexity index is 1090. The molecular formula is C19H24F3N3O6S3. The van der Waals surface area contributed by atoms with Crippen LogP contribution in [-0.4, -0.2) is 80.1 Å². The topological polar surface area (TPSA) is 126 Å². The van der Waals surface area contributed by atoms with Gasteiger partial charge in [-0.25, -0.2) is 18.2 Å². The molecule has 0 saturated carbocycles. The number of alkyl halides is 3. The third-order valence-corrected chi connectivity index (χ3v) is 8.91. The lowest BCUT2D eigenvalue weighted by atomic mass is 10.2. The van der Waals surface area contributed by atoms with Gasteiger partial charge in [-0.05, 0) is 26.0 Å². The monoisotopic (exact) mass is 543 g/mol. The molecule has 1 aliphatic rings. The van der Waals surface area contributed by atoms with Crippen LogP contribution in [0.5, 0.6) is 0 Å². The van der Waals surface area contributed by atoms with Crippen LogP contribution < -0.4 is 5.32 Å². The van der Waals surface area contributed by atoms with Crippen molar-refractivity contribution >= 4 is 49.5 Å². The molecule has 1 amide bonds. The number of carboxylic acids is 1. The quantitative estimate of drug-likeness (QED) is 0.545. The van der Waals surface area contributed by atoms with Crippen LogP contribution in [0.4, 0.5) is 18.3 Å². The van der Waals surface area contributed by atoms with Gasteiger partial charge in [0.1, 0.15) is 4.21 Å². The number of hydrogen-bond acceptors (Lipinski definition) is 9. The molecule has 1 aliphatic heterocycles. The SMILES string of the molecule is CC(=O)Nc1nc(C)c(-c2csc(S(=O)(=O)CCCN3CCOCC3)c2)s1.O=C(O)C(F)(F)F. The maximum atomic E-state index is 12.7. The van der Waals surface area contributed by atoms with Crippen LogP contribution in [-0.2, 0) is 24.2 Å². The number of hydrogen-bond donors (Lipinski definition) is 2. The third-order valence-electron chi connectivity index (χ3n) is 4.46. The van der Waals surface area contributed by atoms with Gasteiger partial charge in [0.15, 0.2) is 15.0 Å². The normalized spacial score (nSPS) is 14.9. The van der Waals surface area contributed by atoms with E-state index in [4.69, 9.17) is 14.6 Å². The van der Waals surface area contributed by atoms with E-state index in [0.29, 0.717) is 15.8 Å². The molecule has 9 nitrogen and oxygen atoms in total. The van der Waals surface area contributed by atoms with Gasteiger partial charge in [0.05, 0.1) is 29.5 Å². The van der Waals surface area contributed by atoms with Crippen molar-refractivity contribution in [3.63, 3.8) is 0 Å². The maximum Gasteiger partial charge on any atom is 0.490 e. The van der Waals surface area contributed by atoms with E-state index in [9.17, 15) is 26.4 Å². The average Bonchev–Trinajstić information content (AvgIpc) is 3.35. The Labute approximate surface area is 202 Å². The molecule has 0 aromatic carbocycles. The van der Waals surface area contributed by atoms with Gasteiger partial charge in [-0.15, -0.1) is 11.3 Å². The fraction of sp³-hybridized carbons (Fsp3) is 0.526. The molecule has 1 fully saturated rings. The van der Waals surface area contributed by atoms with E-state index in [1.807, 2.05) is 12.3 Å². The number of amides is 1. The maximum absolute atomic E-state index is 12.7. The number of nitrogens with zero attached hydrogens (tertiary/aromatic N) is 2. The number of sulfone groups is 1. The predicted octanol–water partition coefficient (Wildman–Crippen LogP) is 3.27. The Morgan fingerprint density at radius 1 is 1.29 bits per heavy atom. The van der Waals surface area contributed by atoms with Crippen molar-refractivity contribution < 1.29 is 41.0 Å². The molecule has 0 bridgehead atoms. The summed E-state index contributed by atoms with van der Waals surface area (Å²) >= 11 is 2.59. The molecule has 190 valence electrons.